The summed E-state index contributed by atoms with van der Waals surface area (Å²) in [6.07, 6.45) is 5.42. The summed E-state index contributed by atoms with van der Waals surface area (Å²) in [5.41, 5.74) is 1.07. The van der Waals surface area contributed by atoms with Crippen molar-refractivity contribution in [3.63, 3.8) is 0 Å². The average Bonchev–Trinajstić information content (AvgIpc) is 3.21. The second-order valence-corrected chi connectivity index (χ2v) is 6.69. The van der Waals surface area contributed by atoms with E-state index in [1.54, 1.807) is 0 Å². The van der Waals surface area contributed by atoms with Gasteiger partial charge in [-0.2, -0.15) is 0 Å². The van der Waals surface area contributed by atoms with Gasteiger partial charge in [-0.05, 0) is 43.5 Å². The summed E-state index contributed by atoms with van der Waals surface area (Å²) in [5, 5.41) is 6.73. The van der Waals surface area contributed by atoms with Gasteiger partial charge in [0.15, 0.2) is 0 Å². The Morgan fingerprint density at radius 1 is 1.30 bits per heavy atom. The number of H-pyrrole nitrogens is 1. The Morgan fingerprint density at radius 3 is 2.95 bits per heavy atom. The third kappa shape index (κ3) is 2.07. The van der Waals surface area contributed by atoms with Gasteiger partial charge in [0.25, 0.3) is 5.91 Å². The van der Waals surface area contributed by atoms with Crippen molar-refractivity contribution in [3.05, 3.63) is 35.3 Å². The fourth-order valence-electron chi connectivity index (χ4n) is 3.31. The average molecular weight is 287 g/mol. The number of fused-ring (bicyclic) bond motifs is 2. The lowest BCUT2D eigenvalue weighted by molar-refractivity contribution is 0.0935. The van der Waals surface area contributed by atoms with Crippen molar-refractivity contribution in [2.24, 2.45) is 0 Å². The van der Waals surface area contributed by atoms with E-state index in [2.05, 4.69) is 15.6 Å². The third-order valence-electron chi connectivity index (χ3n) is 4.31. The van der Waals surface area contributed by atoms with E-state index in [-0.39, 0.29) is 5.91 Å². The van der Waals surface area contributed by atoms with Crippen LogP contribution in [-0.2, 0) is 0 Å². The molecule has 2 aliphatic rings. The Balaban J connectivity index is 1.46. The molecule has 4 heterocycles. The van der Waals surface area contributed by atoms with Crippen LogP contribution in [-0.4, -0.2) is 29.0 Å². The molecule has 2 aliphatic heterocycles. The molecule has 2 saturated heterocycles. The molecule has 2 aromatic rings. The number of aromatic nitrogens is 1. The number of aromatic amines is 1. The van der Waals surface area contributed by atoms with Gasteiger partial charge >= 0.3 is 0 Å². The van der Waals surface area contributed by atoms with Gasteiger partial charge in [0.05, 0.1) is 15.4 Å². The maximum atomic E-state index is 12.3. The summed E-state index contributed by atoms with van der Waals surface area (Å²) in [4.78, 5) is 17.4. The molecule has 104 valence electrons. The Labute approximate surface area is 121 Å². The second-order valence-electron chi connectivity index (χ2n) is 5.61. The highest BCUT2D eigenvalue weighted by Crippen LogP contribution is 2.30. The first kappa shape index (κ1) is 12.2. The van der Waals surface area contributed by atoms with E-state index < -0.39 is 0 Å². The van der Waals surface area contributed by atoms with E-state index in [0.717, 1.165) is 21.9 Å². The monoisotopic (exact) mass is 287 g/mol. The zero-order valence-electron chi connectivity index (χ0n) is 11.1. The molecule has 0 aliphatic carbocycles. The first-order valence-electron chi connectivity index (χ1n) is 7.10. The van der Waals surface area contributed by atoms with E-state index in [0.29, 0.717) is 18.1 Å². The number of rotatable bonds is 3. The Morgan fingerprint density at radius 2 is 2.25 bits per heavy atom. The lowest BCUT2D eigenvalue weighted by Gasteiger charge is -2.20. The van der Waals surface area contributed by atoms with Crippen LogP contribution in [0.5, 0.6) is 0 Å². The molecule has 0 spiro atoms. The maximum Gasteiger partial charge on any atom is 0.261 e. The van der Waals surface area contributed by atoms with Crippen LogP contribution in [0.2, 0.25) is 0 Å². The quantitative estimate of drug-likeness (QED) is 0.811. The highest BCUT2D eigenvalue weighted by atomic mass is 32.1. The molecule has 0 aromatic carbocycles. The minimum absolute atomic E-state index is 0.0622. The van der Waals surface area contributed by atoms with E-state index in [1.165, 1.54) is 24.2 Å². The summed E-state index contributed by atoms with van der Waals surface area (Å²) >= 11 is 1.54. The van der Waals surface area contributed by atoms with Crippen molar-refractivity contribution in [3.8, 4) is 10.6 Å². The van der Waals surface area contributed by atoms with Crippen LogP contribution in [0, 0.1) is 0 Å². The topological polar surface area (TPSA) is 56.9 Å². The zero-order valence-corrected chi connectivity index (χ0v) is 11.9. The number of hydrogen-bond donors (Lipinski definition) is 3. The van der Waals surface area contributed by atoms with Gasteiger partial charge in [0.2, 0.25) is 0 Å². The molecule has 5 heteroatoms. The van der Waals surface area contributed by atoms with Gasteiger partial charge in [0, 0.05) is 24.3 Å². The summed E-state index contributed by atoms with van der Waals surface area (Å²) < 4.78 is 0. The van der Waals surface area contributed by atoms with Gasteiger partial charge in [-0.25, -0.2) is 0 Å². The molecule has 4 rings (SSSR count). The van der Waals surface area contributed by atoms with E-state index in [4.69, 9.17) is 0 Å². The fraction of sp³-hybridized carbons (Fsp3) is 0.400. The number of carbonyl (C=O) groups is 1. The molecule has 3 unspecified atom stereocenters. The SMILES string of the molecule is O=C(NC1CC2CCC1N2)c1ccc(-c2ccc[nH]2)s1. The van der Waals surface area contributed by atoms with Crippen LogP contribution in [0.1, 0.15) is 28.9 Å². The number of nitrogens with one attached hydrogen (secondary N) is 3. The van der Waals surface area contributed by atoms with Gasteiger partial charge in [0.1, 0.15) is 0 Å². The van der Waals surface area contributed by atoms with E-state index in [1.807, 2.05) is 30.5 Å². The van der Waals surface area contributed by atoms with Gasteiger partial charge < -0.3 is 15.6 Å². The van der Waals surface area contributed by atoms with Crippen molar-refractivity contribution < 1.29 is 4.79 Å². The molecule has 0 radical (unpaired) electrons. The van der Waals surface area contributed by atoms with Crippen molar-refractivity contribution in [1.29, 1.82) is 0 Å². The highest BCUT2D eigenvalue weighted by molar-refractivity contribution is 7.17. The first-order chi connectivity index (χ1) is 9.79. The predicted octanol–water partition coefficient (Wildman–Crippen LogP) is 2.37. The van der Waals surface area contributed by atoms with Gasteiger partial charge in [-0.1, -0.05) is 0 Å². The smallest absolute Gasteiger partial charge is 0.261 e. The number of hydrogen-bond acceptors (Lipinski definition) is 3. The first-order valence-corrected chi connectivity index (χ1v) is 7.92. The summed E-state index contributed by atoms with van der Waals surface area (Å²) in [5.74, 6) is 0.0622. The lowest BCUT2D eigenvalue weighted by Crippen LogP contribution is -2.42. The van der Waals surface area contributed by atoms with E-state index in [9.17, 15) is 4.79 Å². The van der Waals surface area contributed by atoms with Crippen LogP contribution in [0.3, 0.4) is 0 Å². The second kappa shape index (κ2) is 4.75. The van der Waals surface area contributed by atoms with Crippen molar-refractivity contribution in [2.45, 2.75) is 37.4 Å². The largest absolute Gasteiger partial charge is 0.361 e. The summed E-state index contributed by atoms with van der Waals surface area (Å²) in [6, 6.07) is 9.30. The highest BCUT2D eigenvalue weighted by Gasteiger charge is 2.39. The standard InChI is InChI=1S/C15H17N3OS/c19-15(18-12-8-9-3-4-10(12)17-9)14-6-5-13(20-14)11-2-1-7-16-11/h1-2,5-7,9-10,12,16-17H,3-4,8H2,(H,18,19). The molecule has 2 fully saturated rings. The van der Waals surface area contributed by atoms with Crippen molar-refractivity contribution in [2.75, 3.05) is 0 Å². The summed E-state index contributed by atoms with van der Waals surface area (Å²) in [7, 11) is 0. The molecule has 1 amide bonds. The number of thiophene rings is 1. The molecule has 4 nitrogen and oxygen atoms in total. The zero-order chi connectivity index (χ0) is 13.5. The van der Waals surface area contributed by atoms with Crippen molar-refractivity contribution >= 4 is 17.2 Å². The van der Waals surface area contributed by atoms with Crippen LogP contribution in [0.15, 0.2) is 30.5 Å². The van der Waals surface area contributed by atoms with Gasteiger partial charge in [-0.15, -0.1) is 11.3 Å². The van der Waals surface area contributed by atoms with Crippen LogP contribution in [0.4, 0.5) is 0 Å². The summed E-state index contributed by atoms with van der Waals surface area (Å²) in [6.45, 7) is 0. The molecule has 0 saturated carbocycles. The number of amides is 1. The minimum Gasteiger partial charge on any atom is -0.361 e. The normalized spacial score (nSPS) is 27.9. The molecular weight excluding hydrogens is 270 g/mol. The van der Waals surface area contributed by atoms with Crippen LogP contribution >= 0.6 is 11.3 Å². The lowest BCUT2D eigenvalue weighted by atomic mass is 9.95. The Hall–Kier alpha value is -1.59. The molecular formula is C15H17N3OS. The molecule has 2 aromatic heterocycles. The minimum atomic E-state index is 0.0622. The van der Waals surface area contributed by atoms with Gasteiger partial charge in [-0.3, -0.25) is 4.79 Å². The molecule has 3 N–H and O–H groups in total. The fourth-order valence-corrected chi connectivity index (χ4v) is 4.21. The van der Waals surface area contributed by atoms with Crippen LogP contribution < -0.4 is 10.6 Å². The Bertz CT molecular complexity index is 619. The molecule has 2 bridgehead atoms. The van der Waals surface area contributed by atoms with Crippen molar-refractivity contribution in [1.82, 2.24) is 15.6 Å². The molecule has 3 atom stereocenters. The van der Waals surface area contributed by atoms with E-state index >= 15 is 0 Å². The Kier molecular flexibility index (Phi) is 2.89. The van der Waals surface area contributed by atoms with Crippen LogP contribution in [0.25, 0.3) is 10.6 Å². The predicted molar refractivity (Wildman–Crippen MR) is 79.9 cm³/mol. The maximum absolute atomic E-state index is 12.3. The third-order valence-corrected chi connectivity index (χ3v) is 5.43. The number of carbonyl (C=O) groups excluding carboxylic acids is 1. The molecule has 20 heavy (non-hydrogen) atoms.